The number of benzene rings is 1. The molecule has 0 amide bonds. The first kappa shape index (κ1) is 21.1. The van der Waals surface area contributed by atoms with Gasteiger partial charge in [-0.1, -0.05) is 23.7 Å². The van der Waals surface area contributed by atoms with Crippen molar-refractivity contribution >= 4 is 51.8 Å². The highest BCUT2D eigenvalue weighted by molar-refractivity contribution is 8.00. The van der Waals surface area contributed by atoms with Crippen molar-refractivity contribution in [2.75, 3.05) is 29.5 Å². The zero-order chi connectivity index (χ0) is 22.0. The molecule has 0 atom stereocenters. The zero-order valence-corrected chi connectivity index (χ0v) is 18.7. The second-order valence-electron chi connectivity index (χ2n) is 6.76. The van der Waals surface area contributed by atoms with E-state index in [0.717, 1.165) is 32.9 Å². The van der Waals surface area contributed by atoms with Crippen LogP contribution in [-0.2, 0) is 0 Å². The number of nitrogens with zero attached hydrogens (tertiary/aromatic N) is 3. The van der Waals surface area contributed by atoms with Crippen LogP contribution in [0.2, 0.25) is 5.02 Å². The summed E-state index contributed by atoms with van der Waals surface area (Å²) in [4.78, 5) is 14.0. The van der Waals surface area contributed by atoms with E-state index in [1.54, 1.807) is 44.7 Å². The van der Waals surface area contributed by atoms with Crippen molar-refractivity contribution < 1.29 is 4.39 Å². The Morgan fingerprint density at radius 1 is 1.00 bits per heavy atom. The lowest BCUT2D eigenvalue weighted by atomic mass is 10.0. The molecule has 3 aromatic heterocycles. The van der Waals surface area contributed by atoms with Crippen LogP contribution in [0.5, 0.6) is 0 Å². The molecule has 4 aromatic rings. The van der Waals surface area contributed by atoms with Gasteiger partial charge in [0, 0.05) is 54.8 Å². The quantitative estimate of drug-likeness (QED) is 0.309. The second-order valence-corrected chi connectivity index (χ2v) is 8.04. The number of anilines is 3. The highest BCUT2D eigenvalue weighted by Crippen LogP contribution is 2.35. The maximum atomic E-state index is 15.4. The molecular weight excluding hydrogens is 435 g/mol. The molecule has 4 rings (SSSR count). The summed E-state index contributed by atoms with van der Waals surface area (Å²) in [5.74, 6) is 1.03. The minimum atomic E-state index is -0.361. The van der Waals surface area contributed by atoms with E-state index in [1.807, 2.05) is 25.1 Å². The van der Waals surface area contributed by atoms with Gasteiger partial charge in [-0.15, -0.1) is 0 Å². The molecule has 0 saturated heterocycles. The fourth-order valence-electron chi connectivity index (χ4n) is 3.19. The predicted octanol–water partition coefficient (Wildman–Crippen LogP) is 6.00. The number of hydrogen-bond donors (Lipinski definition) is 3. The van der Waals surface area contributed by atoms with Crippen molar-refractivity contribution in [1.82, 2.24) is 15.0 Å². The van der Waals surface area contributed by atoms with Gasteiger partial charge in [-0.05, 0) is 37.1 Å². The first-order valence-electron chi connectivity index (χ1n) is 9.50. The van der Waals surface area contributed by atoms with Crippen molar-refractivity contribution in [1.29, 1.82) is 0 Å². The summed E-state index contributed by atoms with van der Waals surface area (Å²) >= 11 is 7.29. The van der Waals surface area contributed by atoms with Crippen LogP contribution in [0.3, 0.4) is 0 Å². The fraction of sp³-hybridized carbons (Fsp3) is 0.136. The molecule has 0 bridgehead atoms. The third kappa shape index (κ3) is 4.35. The lowest BCUT2D eigenvalue weighted by Gasteiger charge is -2.14. The Morgan fingerprint density at radius 3 is 2.61 bits per heavy atom. The number of halogens is 2. The molecule has 9 heteroatoms. The number of rotatable bonds is 6. The van der Waals surface area contributed by atoms with Crippen LogP contribution < -0.4 is 15.4 Å². The maximum absolute atomic E-state index is 15.4. The molecule has 0 radical (unpaired) electrons. The first-order chi connectivity index (χ1) is 15.0. The molecule has 0 fully saturated rings. The van der Waals surface area contributed by atoms with Crippen LogP contribution in [0.25, 0.3) is 22.0 Å². The summed E-state index contributed by atoms with van der Waals surface area (Å²) < 4.78 is 18.5. The summed E-state index contributed by atoms with van der Waals surface area (Å²) in [6.07, 6.45) is 3.29. The minimum Gasteiger partial charge on any atom is -0.373 e. The van der Waals surface area contributed by atoms with E-state index in [2.05, 4.69) is 30.3 Å². The molecule has 0 aliphatic heterocycles. The average Bonchev–Trinajstić information content (AvgIpc) is 2.78. The molecule has 0 spiro atoms. The number of aromatic nitrogens is 3. The number of aryl methyl sites for hydroxylation is 1. The molecule has 3 heterocycles. The van der Waals surface area contributed by atoms with Crippen LogP contribution in [-0.4, -0.2) is 29.0 Å². The molecular formula is C22H20ClFN6S. The summed E-state index contributed by atoms with van der Waals surface area (Å²) in [5.41, 5.74) is 3.08. The first-order valence-corrected chi connectivity index (χ1v) is 10.7. The van der Waals surface area contributed by atoms with E-state index >= 15 is 4.39 Å². The summed E-state index contributed by atoms with van der Waals surface area (Å²) in [6.45, 7) is 1.87. The van der Waals surface area contributed by atoms with E-state index in [9.17, 15) is 0 Å². The lowest BCUT2D eigenvalue weighted by molar-refractivity contribution is 0.636. The topological polar surface area (TPSA) is 74.8 Å². The Bertz CT molecular complexity index is 1270. The highest BCUT2D eigenvalue weighted by atomic mass is 35.5. The Balaban J connectivity index is 1.68. The number of hydrogen-bond acceptors (Lipinski definition) is 7. The van der Waals surface area contributed by atoms with Gasteiger partial charge in [0.15, 0.2) is 5.82 Å². The van der Waals surface area contributed by atoms with Crippen LogP contribution in [0.1, 0.15) is 5.69 Å². The molecule has 0 aliphatic carbocycles. The van der Waals surface area contributed by atoms with Crippen LogP contribution in [0.15, 0.2) is 53.7 Å². The van der Waals surface area contributed by atoms with E-state index in [1.165, 1.54) is 11.9 Å². The summed E-state index contributed by atoms with van der Waals surface area (Å²) in [5, 5.41) is 7.35. The molecule has 6 nitrogen and oxygen atoms in total. The van der Waals surface area contributed by atoms with E-state index in [-0.39, 0.29) is 5.82 Å². The van der Waals surface area contributed by atoms with Gasteiger partial charge in [0.25, 0.3) is 0 Å². The molecule has 0 aliphatic rings. The van der Waals surface area contributed by atoms with Crippen molar-refractivity contribution in [2.24, 2.45) is 0 Å². The number of pyridine rings is 3. The fourth-order valence-corrected chi connectivity index (χ4v) is 4.23. The van der Waals surface area contributed by atoms with Gasteiger partial charge in [-0.3, -0.25) is 4.98 Å². The lowest BCUT2D eigenvalue weighted by Crippen LogP contribution is -1.99. The standard InChI is InChI=1S/C22H20ClFN6S/c1-12-16(7-13-10-27-20(25-2)9-18(13)29-12)15-5-4-6-17(21(15)24)30-31-19-8-14(23)11-28-22(19)26-3/h4-11,30H,1-3H3,(H,25,27)(H,26,28). The SMILES string of the molecule is CNc1cc2nc(C)c(-c3cccc(NSc4cc(Cl)cnc4NC)c3F)cc2cn1. The van der Waals surface area contributed by atoms with E-state index in [4.69, 9.17) is 11.6 Å². The normalized spacial score (nSPS) is 10.9. The molecule has 0 saturated carbocycles. The summed E-state index contributed by atoms with van der Waals surface area (Å²) in [6, 6.07) is 10.8. The van der Waals surface area contributed by atoms with E-state index < -0.39 is 0 Å². The number of nitrogens with one attached hydrogen (secondary N) is 3. The molecule has 0 unspecified atom stereocenters. The van der Waals surface area contributed by atoms with Gasteiger partial charge in [-0.25, -0.2) is 14.4 Å². The zero-order valence-electron chi connectivity index (χ0n) is 17.1. The van der Waals surface area contributed by atoms with Crippen LogP contribution in [0, 0.1) is 12.7 Å². The molecule has 158 valence electrons. The van der Waals surface area contributed by atoms with Crippen molar-refractivity contribution in [3.8, 4) is 11.1 Å². The highest BCUT2D eigenvalue weighted by Gasteiger charge is 2.15. The van der Waals surface area contributed by atoms with Crippen LogP contribution >= 0.6 is 23.5 Å². The average molecular weight is 455 g/mol. The van der Waals surface area contributed by atoms with Gasteiger partial charge >= 0.3 is 0 Å². The Kier molecular flexibility index (Phi) is 6.11. The van der Waals surface area contributed by atoms with Crippen molar-refractivity contribution in [2.45, 2.75) is 11.8 Å². The third-order valence-corrected chi connectivity index (χ3v) is 5.82. The van der Waals surface area contributed by atoms with Gasteiger partial charge in [0.2, 0.25) is 0 Å². The minimum absolute atomic E-state index is 0.354. The Labute approximate surface area is 188 Å². The Hall–Kier alpha value is -3.10. The molecule has 31 heavy (non-hydrogen) atoms. The molecule has 3 N–H and O–H groups in total. The molecule has 1 aromatic carbocycles. The third-order valence-electron chi connectivity index (χ3n) is 4.76. The predicted molar refractivity (Wildman–Crippen MR) is 127 cm³/mol. The van der Waals surface area contributed by atoms with Crippen LogP contribution in [0.4, 0.5) is 21.7 Å². The number of fused-ring (bicyclic) bond motifs is 1. The van der Waals surface area contributed by atoms with Gasteiger partial charge in [-0.2, -0.15) is 0 Å². The van der Waals surface area contributed by atoms with Gasteiger partial charge in [0.05, 0.1) is 21.1 Å². The van der Waals surface area contributed by atoms with Gasteiger partial charge < -0.3 is 15.4 Å². The summed E-state index contributed by atoms with van der Waals surface area (Å²) in [7, 11) is 3.58. The monoisotopic (exact) mass is 454 g/mol. The van der Waals surface area contributed by atoms with Crippen molar-refractivity contribution in [3.05, 3.63) is 65.3 Å². The smallest absolute Gasteiger partial charge is 0.155 e. The second kappa shape index (κ2) is 8.95. The van der Waals surface area contributed by atoms with Crippen molar-refractivity contribution in [3.63, 3.8) is 0 Å². The largest absolute Gasteiger partial charge is 0.373 e. The maximum Gasteiger partial charge on any atom is 0.155 e. The van der Waals surface area contributed by atoms with Gasteiger partial charge in [0.1, 0.15) is 11.6 Å². The van der Waals surface area contributed by atoms with E-state index in [0.29, 0.717) is 22.1 Å². The Morgan fingerprint density at radius 2 is 1.84 bits per heavy atom.